The summed E-state index contributed by atoms with van der Waals surface area (Å²) in [4.78, 5) is 11.0. The Hall–Kier alpha value is -0.890. The van der Waals surface area contributed by atoms with Crippen molar-refractivity contribution in [1.29, 1.82) is 0 Å². The van der Waals surface area contributed by atoms with Gasteiger partial charge in [-0.15, -0.1) is 0 Å². The first-order valence-corrected chi connectivity index (χ1v) is 3.24. The van der Waals surface area contributed by atoms with E-state index in [0.29, 0.717) is 6.42 Å². The molecule has 10 heavy (non-hydrogen) atoms. The quantitative estimate of drug-likeness (QED) is 0.542. The molecule has 0 aromatic carbocycles. The van der Waals surface area contributed by atoms with Crippen molar-refractivity contribution in [2.24, 2.45) is 0 Å². The topological polar surface area (TPSA) is 26.3 Å². The Labute approximate surface area is 60.2 Å². The highest BCUT2D eigenvalue weighted by Gasteiger charge is 2.13. The molecule has 0 saturated heterocycles. The van der Waals surface area contributed by atoms with Crippen molar-refractivity contribution in [1.82, 2.24) is 0 Å². The zero-order valence-corrected chi connectivity index (χ0v) is 5.91. The second-order valence-corrected chi connectivity index (χ2v) is 2.15. The van der Waals surface area contributed by atoms with Gasteiger partial charge in [0.1, 0.15) is 6.10 Å². The molecule has 0 heterocycles. The first kappa shape index (κ1) is 7.22. The van der Waals surface area contributed by atoms with Gasteiger partial charge < -0.3 is 4.74 Å². The minimum absolute atomic E-state index is 0.0486. The van der Waals surface area contributed by atoms with Crippen LogP contribution in [0.25, 0.3) is 0 Å². The minimum atomic E-state index is -0.269. The van der Waals surface area contributed by atoms with E-state index >= 15 is 0 Å². The average Bonchev–Trinajstić information content (AvgIpc) is 2.13. The number of rotatable bonds is 1. The lowest BCUT2D eigenvalue weighted by molar-refractivity contribution is -0.123. The summed E-state index contributed by atoms with van der Waals surface area (Å²) in [5.74, 6) is 0.0486. The molecule has 0 fully saturated rings. The van der Waals surface area contributed by atoms with Crippen molar-refractivity contribution in [3.05, 3.63) is 24.3 Å². The largest absolute Gasteiger partial charge is 0.373 e. The van der Waals surface area contributed by atoms with Gasteiger partial charge in [-0.25, -0.2) is 0 Å². The second kappa shape index (κ2) is 3.32. The predicted molar refractivity (Wildman–Crippen MR) is 38.7 cm³/mol. The molecule has 0 aliphatic heterocycles. The lowest BCUT2D eigenvalue weighted by Gasteiger charge is -2.06. The minimum Gasteiger partial charge on any atom is -0.373 e. The number of carbonyl (C=O) groups excluding carboxylic acids is 1. The van der Waals surface area contributed by atoms with Crippen LogP contribution in [0, 0.1) is 0 Å². The molecule has 0 radical (unpaired) electrons. The maximum Gasteiger partial charge on any atom is 0.184 e. The van der Waals surface area contributed by atoms with Crippen LogP contribution >= 0.6 is 0 Å². The monoisotopic (exact) mass is 138 g/mol. The van der Waals surface area contributed by atoms with E-state index in [1.54, 1.807) is 13.2 Å². The highest BCUT2D eigenvalue weighted by atomic mass is 16.5. The van der Waals surface area contributed by atoms with Crippen LogP contribution in [-0.2, 0) is 9.53 Å². The molecule has 0 bridgehead atoms. The number of methoxy groups -OCH3 is 1. The average molecular weight is 138 g/mol. The zero-order valence-electron chi connectivity index (χ0n) is 5.91. The van der Waals surface area contributed by atoms with Crippen molar-refractivity contribution in [3.8, 4) is 0 Å². The summed E-state index contributed by atoms with van der Waals surface area (Å²) in [6.45, 7) is 0. The lowest BCUT2D eigenvalue weighted by Crippen LogP contribution is -2.19. The van der Waals surface area contributed by atoms with Crippen molar-refractivity contribution in [2.75, 3.05) is 7.11 Å². The van der Waals surface area contributed by atoms with Crippen molar-refractivity contribution in [3.63, 3.8) is 0 Å². The van der Waals surface area contributed by atoms with Gasteiger partial charge in [0.05, 0.1) is 0 Å². The van der Waals surface area contributed by atoms with E-state index in [-0.39, 0.29) is 11.9 Å². The van der Waals surface area contributed by atoms with Gasteiger partial charge in [-0.2, -0.15) is 0 Å². The van der Waals surface area contributed by atoms with Gasteiger partial charge in [0, 0.05) is 7.11 Å². The van der Waals surface area contributed by atoms with Crippen molar-refractivity contribution < 1.29 is 9.53 Å². The Morgan fingerprint density at radius 1 is 1.60 bits per heavy atom. The number of hydrogen-bond acceptors (Lipinski definition) is 2. The number of hydrogen-bond donors (Lipinski definition) is 0. The van der Waals surface area contributed by atoms with E-state index in [9.17, 15) is 4.79 Å². The summed E-state index contributed by atoms with van der Waals surface area (Å²) in [7, 11) is 1.55. The SMILES string of the molecule is COC1CC=CC=CC1=O. The molecule has 0 saturated carbocycles. The van der Waals surface area contributed by atoms with E-state index in [1.165, 1.54) is 6.08 Å². The van der Waals surface area contributed by atoms with Crippen LogP contribution in [0.15, 0.2) is 24.3 Å². The fraction of sp³-hybridized carbons (Fsp3) is 0.375. The van der Waals surface area contributed by atoms with E-state index < -0.39 is 0 Å². The van der Waals surface area contributed by atoms with E-state index in [4.69, 9.17) is 4.74 Å². The van der Waals surface area contributed by atoms with Gasteiger partial charge in [0.2, 0.25) is 0 Å². The fourth-order valence-electron chi connectivity index (χ4n) is 0.867. The normalized spacial score (nSPS) is 24.9. The van der Waals surface area contributed by atoms with Crippen LogP contribution < -0.4 is 0 Å². The number of ether oxygens (including phenoxy) is 1. The number of allylic oxidation sites excluding steroid dienone is 2. The zero-order chi connectivity index (χ0) is 7.40. The van der Waals surface area contributed by atoms with Gasteiger partial charge >= 0.3 is 0 Å². The third kappa shape index (κ3) is 1.54. The summed E-state index contributed by atoms with van der Waals surface area (Å²) < 4.78 is 4.93. The third-order valence-corrected chi connectivity index (χ3v) is 1.46. The molecule has 1 aliphatic rings. The smallest absolute Gasteiger partial charge is 0.184 e. The Kier molecular flexibility index (Phi) is 2.40. The maximum atomic E-state index is 11.0. The molecule has 1 rings (SSSR count). The molecule has 54 valence electrons. The molecular formula is C8H10O2. The second-order valence-electron chi connectivity index (χ2n) is 2.15. The summed E-state index contributed by atoms with van der Waals surface area (Å²) in [6.07, 6.45) is 7.48. The molecule has 1 atom stereocenters. The van der Waals surface area contributed by atoms with Gasteiger partial charge in [-0.05, 0) is 12.5 Å². The van der Waals surface area contributed by atoms with Crippen LogP contribution in [0.4, 0.5) is 0 Å². The Morgan fingerprint density at radius 3 is 3.10 bits per heavy atom. The third-order valence-electron chi connectivity index (χ3n) is 1.46. The molecule has 0 aromatic heterocycles. The fourth-order valence-corrected chi connectivity index (χ4v) is 0.867. The Morgan fingerprint density at radius 2 is 2.40 bits per heavy atom. The van der Waals surface area contributed by atoms with Crippen LogP contribution in [-0.4, -0.2) is 19.0 Å². The lowest BCUT2D eigenvalue weighted by atomic mass is 10.2. The number of ketones is 1. The van der Waals surface area contributed by atoms with Crippen LogP contribution in [0.3, 0.4) is 0 Å². The molecule has 0 N–H and O–H groups in total. The van der Waals surface area contributed by atoms with Gasteiger partial charge in [0.25, 0.3) is 0 Å². The molecule has 0 aromatic rings. The van der Waals surface area contributed by atoms with Gasteiger partial charge in [-0.3, -0.25) is 4.79 Å². The molecule has 2 nitrogen and oxygen atoms in total. The molecule has 0 amide bonds. The van der Waals surface area contributed by atoms with Crippen molar-refractivity contribution >= 4 is 5.78 Å². The summed E-state index contributed by atoms with van der Waals surface area (Å²) in [5, 5.41) is 0. The first-order valence-electron chi connectivity index (χ1n) is 3.24. The van der Waals surface area contributed by atoms with Gasteiger partial charge in [0.15, 0.2) is 5.78 Å². The van der Waals surface area contributed by atoms with E-state index in [1.807, 2.05) is 12.2 Å². The summed E-state index contributed by atoms with van der Waals surface area (Å²) in [5.41, 5.74) is 0. The standard InChI is InChI=1S/C8H10O2/c1-10-8-6-4-2-3-5-7(8)9/h2-5,8H,6H2,1H3. The molecular weight excluding hydrogens is 128 g/mol. The van der Waals surface area contributed by atoms with Crippen LogP contribution in [0.2, 0.25) is 0 Å². The predicted octanol–water partition coefficient (Wildman–Crippen LogP) is 1.09. The van der Waals surface area contributed by atoms with Crippen LogP contribution in [0.5, 0.6) is 0 Å². The molecule has 0 spiro atoms. The van der Waals surface area contributed by atoms with Crippen molar-refractivity contribution in [2.45, 2.75) is 12.5 Å². The highest BCUT2D eigenvalue weighted by molar-refractivity contribution is 5.94. The number of carbonyl (C=O) groups is 1. The highest BCUT2D eigenvalue weighted by Crippen LogP contribution is 2.04. The van der Waals surface area contributed by atoms with Crippen LogP contribution in [0.1, 0.15) is 6.42 Å². The molecule has 1 unspecified atom stereocenters. The van der Waals surface area contributed by atoms with E-state index in [0.717, 1.165) is 0 Å². The Bertz CT molecular complexity index is 180. The maximum absolute atomic E-state index is 11.0. The van der Waals surface area contributed by atoms with Gasteiger partial charge in [-0.1, -0.05) is 18.2 Å². The molecule has 2 heteroatoms. The summed E-state index contributed by atoms with van der Waals surface area (Å²) in [6, 6.07) is 0. The van der Waals surface area contributed by atoms with E-state index in [2.05, 4.69) is 0 Å². The summed E-state index contributed by atoms with van der Waals surface area (Å²) >= 11 is 0. The molecule has 1 aliphatic carbocycles. The first-order chi connectivity index (χ1) is 4.84. The Balaban J connectivity index is 2.65.